The number of anilines is 2. The van der Waals surface area contributed by atoms with Crippen molar-refractivity contribution in [3.63, 3.8) is 0 Å². The Balaban J connectivity index is 1.72. The van der Waals surface area contributed by atoms with Gasteiger partial charge in [-0.05, 0) is 31.5 Å². The van der Waals surface area contributed by atoms with Gasteiger partial charge in [0, 0.05) is 12.7 Å². The van der Waals surface area contributed by atoms with Crippen molar-refractivity contribution in [3.8, 4) is 0 Å². The van der Waals surface area contributed by atoms with Crippen LogP contribution >= 0.6 is 0 Å². The molecule has 0 spiro atoms. The molecule has 0 aliphatic carbocycles. The molecule has 2 aromatic carbocycles. The molecular formula is C24H25N5O3. The van der Waals surface area contributed by atoms with Crippen LogP contribution in [-0.2, 0) is 20.1 Å². The molecule has 4 aromatic rings. The molecular weight excluding hydrogens is 406 g/mol. The fourth-order valence-corrected chi connectivity index (χ4v) is 4.38. The highest BCUT2D eigenvalue weighted by molar-refractivity contribution is 5.77. The number of aliphatic hydroxyl groups excluding tert-OH is 1. The second-order valence-electron chi connectivity index (χ2n) is 8.52. The molecule has 0 fully saturated rings. The SMILES string of the molecule is Cc1ccc(N2C[C@@H](O)Cn3c2nc2c3c(=O)n(Cc3cccc(C)c3)c(=O)n2C)cc1. The number of β-amino-alcohol motifs (C(OH)–C–C–N with tert-alkyl or cyclic N) is 1. The monoisotopic (exact) mass is 431 g/mol. The smallest absolute Gasteiger partial charge is 0.332 e. The first-order valence-electron chi connectivity index (χ1n) is 10.6. The Labute approximate surface area is 184 Å². The molecule has 164 valence electrons. The molecule has 1 aliphatic rings. The summed E-state index contributed by atoms with van der Waals surface area (Å²) in [4.78, 5) is 33.1. The summed E-state index contributed by atoms with van der Waals surface area (Å²) in [6.45, 7) is 4.76. The third-order valence-corrected chi connectivity index (χ3v) is 6.01. The number of hydrogen-bond donors (Lipinski definition) is 1. The van der Waals surface area contributed by atoms with E-state index in [1.807, 2.05) is 67.3 Å². The summed E-state index contributed by atoms with van der Waals surface area (Å²) in [7, 11) is 1.63. The number of rotatable bonds is 3. The van der Waals surface area contributed by atoms with Gasteiger partial charge in [0.15, 0.2) is 11.2 Å². The van der Waals surface area contributed by atoms with E-state index in [-0.39, 0.29) is 13.1 Å². The Morgan fingerprint density at radius 3 is 2.50 bits per heavy atom. The number of aliphatic hydroxyl groups is 1. The standard InChI is InChI=1S/C24H25N5O3/c1-15-7-9-18(10-8-15)27-13-19(30)14-28-20-21(25-23(27)28)26(3)24(32)29(22(20)31)12-17-6-4-5-16(2)11-17/h4-11,19,30H,12-14H2,1-3H3/t19-/m1/s1. The van der Waals surface area contributed by atoms with Gasteiger partial charge in [-0.3, -0.25) is 13.9 Å². The van der Waals surface area contributed by atoms with Crippen molar-refractivity contribution in [2.75, 3.05) is 11.4 Å². The van der Waals surface area contributed by atoms with Crippen LogP contribution in [0.4, 0.5) is 11.6 Å². The molecule has 1 aliphatic heterocycles. The molecule has 0 radical (unpaired) electrons. The van der Waals surface area contributed by atoms with E-state index in [0.717, 1.165) is 22.4 Å². The van der Waals surface area contributed by atoms with Gasteiger partial charge in [-0.15, -0.1) is 0 Å². The Morgan fingerprint density at radius 1 is 1.03 bits per heavy atom. The van der Waals surface area contributed by atoms with E-state index < -0.39 is 17.4 Å². The first-order valence-corrected chi connectivity index (χ1v) is 10.6. The molecule has 2 aromatic heterocycles. The minimum atomic E-state index is -0.678. The second-order valence-corrected chi connectivity index (χ2v) is 8.52. The van der Waals surface area contributed by atoms with Crippen molar-refractivity contribution >= 4 is 22.8 Å². The third-order valence-electron chi connectivity index (χ3n) is 6.01. The minimum Gasteiger partial charge on any atom is -0.389 e. The van der Waals surface area contributed by atoms with Crippen molar-refractivity contribution in [2.45, 2.75) is 33.0 Å². The van der Waals surface area contributed by atoms with Crippen LogP contribution in [0.3, 0.4) is 0 Å². The molecule has 8 heteroatoms. The second kappa shape index (κ2) is 7.49. The Bertz CT molecular complexity index is 1450. The Kier molecular flexibility index (Phi) is 4.74. The van der Waals surface area contributed by atoms with Crippen LogP contribution in [0, 0.1) is 13.8 Å². The van der Waals surface area contributed by atoms with E-state index in [9.17, 15) is 14.7 Å². The molecule has 0 bridgehead atoms. The number of aryl methyl sites for hydroxylation is 3. The third kappa shape index (κ3) is 3.23. The van der Waals surface area contributed by atoms with Crippen molar-refractivity contribution in [2.24, 2.45) is 7.05 Å². The highest BCUT2D eigenvalue weighted by Crippen LogP contribution is 2.31. The molecule has 0 saturated carbocycles. The van der Waals surface area contributed by atoms with E-state index in [0.29, 0.717) is 23.7 Å². The minimum absolute atomic E-state index is 0.174. The topological polar surface area (TPSA) is 85.3 Å². The van der Waals surface area contributed by atoms with E-state index in [4.69, 9.17) is 0 Å². The van der Waals surface area contributed by atoms with Crippen molar-refractivity contribution < 1.29 is 5.11 Å². The quantitative estimate of drug-likeness (QED) is 0.537. The van der Waals surface area contributed by atoms with Gasteiger partial charge in [0.25, 0.3) is 5.56 Å². The summed E-state index contributed by atoms with van der Waals surface area (Å²) in [5, 5.41) is 10.6. The fourth-order valence-electron chi connectivity index (χ4n) is 4.38. The van der Waals surface area contributed by atoms with Gasteiger partial charge in [-0.2, -0.15) is 4.98 Å². The Morgan fingerprint density at radius 2 is 1.78 bits per heavy atom. The van der Waals surface area contributed by atoms with Gasteiger partial charge < -0.3 is 14.6 Å². The highest BCUT2D eigenvalue weighted by Gasteiger charge is 2.30. The van der Waals surface area contributed by atoms with Crippen LogP contribution in [0.15, 0.2) is 58.1 Å². The van der Waals surface area contributed by atoms with Gasteiger partial charge in [-0.1, -0.05) is 47.5 Å². The van der Waals surface area contributed by atoms with Crippen LogP contribution < -0.4 is 16.1 Å². The number of benzene rings is 2. The summed E-state index contributed by atoms with van der Waals surface area (Å²) < 4.78 is 4.39. The summed E-state index contributed by atoms with van der Waals surface area (Å²) in [6.07, 6.45) is -0.678. The van der Waals surface area contributed by atoms with Crippen LogP contribution in [0.5, 0.6) is 0 Å². The molecule has 3 heterocycles. The van der Waals surface area contributed by atoms with E-state index >= 15 is 0 Å². The normalized spacial score (nSPS) is 15.9. The average molecular weight is 431 g/mol. The zero-order chi connectivity index (χ0) is 22.6. The van der Waals surface area contributed by atoms with Crippen molar-refractivity contribution in [3.05, 3.63) is 86.1 Å². The van der Waals surface area contributed by atoms with Crippen LogP contribution in [0.2, 0.25) is 0 Å². The van der Waals surface area contributed by atoms with E-state index in [2.05, 4.69) is 4.98 Å². The predicted molar refractivity (Wildman–Crippen MR) is 124 cm³/mol. The van der Waals surface area contributed by atoms with Gasteiger partial charge in [-0.25, -0.2) is 4.79 Å². The number of hydrogen-bond acceptors (Lipinski definition) is 5. The van der Waals surface area contributed by atoms with Gasteiger partial charge in [0.2, 0.25) is 5.95 Å². The van der Waals surface area contributed by atoms with Crippen LogP contribution in [0.1, 0.15) is 16.7 Å². The lowest BCUT2D eigenvalue weighted by atomic mass is 10.1. The van der Waals surface area contributed by atoms with Crippen molar-refractivity contribution in [1.82, 2.24) is 18.7 Å². The lowest BCUT2D eigenvalue weighted by molar-refractivity contribution is 0.154. The largest absolute Gasteiger partial charge is 0.389 e. The average Bonchev–Trinajstić information content (AvgIpc) is 3.15. The van der Waals surface area contributed by atoms with Crippen molar-refractivity contribution in [1.29, 1.82) is 0 Å². The molecule has 1 atom stereocenters. The number of aromatic nitrogens is 4. The number of imidazole rings is 1. The summed E-state index contributed by atoms with van der Waals surface area (Å²) in [5.41, 5.74) is 3.77. The van der Waals surface area contributed by atoms with E-state index in [1.54, 1.807) is 11.6 Å². The Hall–Kier alpha value is -3.65. The molecule has 8 nitrogen and oxygen atoms in total. The van der Waals surface area contributed by atoms with Gasteiger partial charge in [0.05, 0.1) is 25.7 Å². The van der Waals surface area contributed by atoms with Crippen LogP contribution in [0.25, 0.3) is 11.2 Å². The molecule has 0 unspecified atom stereocenters. The predicted octanol–water partition coefficient (Wildman–Crippen LogP) is 2.07. The van der Waals surface area contributed by atoms with E-state index in [1.165, 1.54) is 9.13 Å². The maximum Gasteiger partial charge on any atom is 0.332 e. The molecule has 1 N–H and O–H groups in total. The molecule has 0 saturated heterocycles. The number of nitrogens with zero attached hydrogens (tertiary/aromatic N) is 5. The summed E-state index contributed by atoms with van der Waals surface area (Å²) in [6, 6.07) is 15.7. The maximum absolute atomic E-state index is 13.5. The van der Waals surface area contributed by atoms with Gasteiger partial charge >= 0.3 is 5.69 Å². The fraction of sp³-hybridized carbons (Fsp3) is 0.292. The first-order chi connectivity index (χ1) is 15.3. The molecule has 5 rings (SSSR count). The highest BCUT2D eigenvalue weighted by atomic mass is 16.3. The van der Waals surface area contributed by atoms with Gasteiger partial charge in [0.1, 0.15) is 0 Å². The zero-order valence-corrected chi connectivity index (χ0v) is 18.3. The lowest BCUT2D eigenvalue weighted by Gasteiger charge is -2.32. The number of fused-ring (bicyclic) bond motifs is 3. The first kappa shape index (κ1) is 20.3. The molecule has 0 amide bonds. The summed E-state index contributed by atoms with van der Waals surface area (Å²) >= 11 is 0. The maximum atomic E-state index is 13.5. The van der Waals surface area contributed by atoms with Crippen LogP contribution in [-0.4, -0.2) is 36.4 Å². The lowest BCUT2D eigenvalue weighted by Crippen LogP contribution is -2.41. The zero-order valence-electron chi connectivity index (χ0n) is 18.3. The summed E-state index contributed by atoms with van der Waals surface area (Å²) in [5.74, 6) is 0.551. The molecule has 32 heavy (non-hydrogen) atoms.